The van der Waals surface area contributed by atoms with Crippen molar-refractivity contribution >= 4 is 54.1 Å². The van der Waals surface area contributed by atoms with Gasteiger partial charge in [-0.1, -0.05) is 28.1 Å². The number of fused-ring (bicyclic) bond motifs is 1. The van der Waals surface area contributed by atoms with Crippen molar-refractivity contribution in [2.75, 3.05) is 38.2 Å². The molecule has 1 aliphatic heterocycles. The number of sulfone groups is 1. The van der Waals surface area contributed by atoms with Crippen LogP contribution in [0.1, 0.15) is 20.7 Å². The van der Waals surface area contributed by atoms with Gasteiger partial charge in [0.1, 0.15) is 0 Å². The number of hydrogen-bond acceptors (Lipinski definition) is 7. The van der Waals surface area contributed by atoms with Gasteiger partial charge in [0, 0.05) is 48.7 Å². The largest absolute Gasteiger partial charge is 0.465 e. The third-order valence-electron chi connectivity index (χ3n) is 6.62. The van der Waals surface area contributed by atoms with Gasteiger partial charge in [0.2, 0.25) is 9.84 Å². The SMILES string of the molecule is COC(=O)c1ccc(S(=O)(=O)c2ccc3cc(Br)ccc3c2)cc1C(=O)N1CCN(c2ccncc2)CC1. The molecule has 0 aliphatic carbocycles. The molecule has 0 atom stereocenters. The molecular weight excluding hydrogens is 570 g/mol. The summed E-state index contributed by atoms with van der Waals surface area (Å²) in [7, 11) is -2.75. The molecule has 4 aromatic rings. The molecule has 0 saturated carbocycles. The molecule has 8 nitrogen and oxygen atoms in total. The molecule has 1 amide bonds. The fraction of sp³-hybridized carbons (Fsp3) is 0.179. The van der Waals surface area contributed by atoms with Crippen LogP contribution >= 0.6 is 15.9 Å². The summed E-state index contributed by atoms with van der Waals surface area (Å²) in [6.07, 6.45) is 3.44. The zero-order chi connectivity index (χ0) is 26.9. The van der Waals surface area contributed by atoms with Gasteiger partial charge in [-0.15, -0.1) is 0 Å². The van der Waals surface area contributed by atoms with Crippen molar-refractivity contribution in [3.8, 4) is 0 Å². The molecule has 1 aliphatic rings. The van der Waals surface area contributed by atoms with Crippen molar-refractivity contribution in [1.82, 2.24) is 9.88 Å². The number of aromatic nitrogens is 1. The zero-order valence-electron chi connectivity index (χ0n) is 20.5. The Kier molecular flexibility index (Phi) is 7.18. The van der Waals surface area contributed by atoms with E-state index in [4.69, 9.17) is 4.74 Å². The van der Waals surface area contributed by atoms with E-state index < -0.39 is 21.7 Å². The van der Waals surface area contributed by atoms with E-state index >= 15 is 0 Å². The van der Waals surface area contributed by atoms with E-state index in [1.165, 1.54) is 31.4 Å². The number of carbonyl (C=O) groups excluding carboxylic acids is 2. The molecule has 0 bridgehead atoms. The quantitative estimate of drug-likeness (QED) is 0.312. The lowest BCUT2D eigenvalue weighted by Gasteiger charge is -2.36. The maximum absolute atomic E-state index is 13.6. The predicted molar refractivity (Wildman–Crippen MR) is 147 cm³/mol. The number of pyridine rings is 1. The number of ether oxygens (including phenoxy) is 1. The Labute approximate surface area is 228 Å². The highest BCUT2D eigenvalue weighted by Crippen LogP contribution is 2.29. The van der Waals surface area contributed by atoms with Crippen molar-refractivity contribution in [3.63, 3.8) is 0 Å². The van der Waals surface area contributed by atoms with Crippen molar-refractivity contribution < 1.29 is 22.7 Å². The third kappa shape index (κ3) is 5.01. The molecule has 0 unspecified atom stereocenters. The first-order valence-corrected chi connectivity index (χ1v) is 14.2. The fourth-order valence-corrected chi connectivity index (χ4v) is 6.25. The molecule has 0 spiro atoms. The van der Waals surface area contributed by atoms with Gasteiger partial charge < -0.3 is 14.5 Å². The molecule has 1 aromatic heterocycles. The first-order valence-electron chi connectivity index (χ1n) is 11.9. The second-order valence-electron chi connectivity index (χ2n) is 8.84. The lowest BCUT2D eigenvalue weighted by Crippen LogP contribution is -2.49. The molecule has 1 fully saturated rings. The Hall–Kier alpha value is -3.76. The van der Waals surface area contributed by atoms with Gasteiger partial charge in [0.15, 0.2) is 0 Å². The Morgan fingerprint density at radius 3 is 2.16 bits per heavy atom. The van der Waals surface area contributed by atoms with E-state index in [0.29, 0.717) is 26.2 Å². The van der Waals surface area contributed by atoms with Crippen molar-refractivity contribution in [1.29, 1.82) is 0 Å². The summed E-state index contributed by atoms with van der Waals surface area (Å²) in [5, 5.41) is 1.66. The summed E-state index contributed by atoms with van der Waals surface area (Å²) in [5.41, 5.74) is 1.04. The van der Waals surface area contributed by atoms with E-state index in [9.17, 15) is 18.0 Å². The average molecular weight is 594 g/mol. The number of rotatable bonds is 5. The van der Waals surface area contributed by atoms with Gasteiger partial charge in [-0.3, -0.25) is 9.78 Å². The Morgan fingerprint density at radius 1 is 0.816 bits per heavy atom. The lowest BCUT2D eigenvalue weighted by molar-refractivity contribution is 0.0589. The summed E-state index contributed by atoms with van der Waals surface area (Å²) in [6.45, 7) is 2.01. The molecule has 3 aromatic carbocycles. The number of halogens is 1. The van der Waals surface area contributed by atoms with Crippen LogP contribution in [-0.2, 0) is 14.6 Å². The minimum atomic E-state index is -3.97. The number of benzene rings is 3. The molecule has 194 valence electrons. The van der Waals surface area contributed by atoms with Crippen molar-refractivity contribution in [2.24, 2.45) is 0 Å². The summed E-state index contributed by atoms with van der Waals surface area (Å²) < 4.78 is 32.9. The van der Waals surface area contributed by atoms with Gasteiger partial charge in [0.25, 0.3) is 5.91 Å². The van der Waals surface area contributed by atoms with E-state index in [2.05, 4.69) is 25.8 Å². The number of amides is 1. The van der Waals surface area contributed by atoms with Gasteiger partial charge in [-0.2, -0.15) is 0 Å². The van der Waals surface area contributed by atoms with Gasteiger partial charge in [0.05, 0.1) is 28.0 Å². The highest BCUT2D eigenvalue weighted by Gasteiger charge is 2.29. The van der Waals surface area contributed by atoms with Crippen LogP contribution in [0.4, 0.5) is 5.69 Å². The van der Waals surface area contributed by atoms with Crippen LogP contribution in [0.5, 0.6) is 0 Å². The van der Waals surface area contributed by atoms with Crippen LogP contribution in [0, 0.1) is 0 Å². The van der Waals surface area contributed by atoms with E-state index in [0.717, 1.165) is 20.9 Å². The number of methoxy groups -OCH3 is 1. The molecule has 38 heavy (non-hydrogen) atoms. The van der Waals surface area contributed by atoms with Gasteiger partial charge in [-0.05, 0) is 65.4 Å². The Balaban J connectivity index is 1.46. The molecule has 10 heteroatoms. The number of anilines is 1. The summed E-state index contributed by atoms with van der Waals surface area (Å²) in [6, 6.07) is 18.2. The fourth-order valence-electron chi connectivity index (χ4n) is 4.55. The topological polar surface area (TPSA) is 96.9 Å². The lowest BCUT2D eigenvalue weighted by atomic mass is 10.1. The second-order valence-corrected chi connectivity index (χ2v) is 11.7. The van der Waals surface area contributed by atoms with Crippen LogP contribution in [0.15, 0.2) is 93.4 Å². The molecule has 0 N–H and O–H groups in total. The Morgan fingerprint density at radius 2 is 1.45 bits per heavy atom. The van der Waals surface area contributed by atoms with Crippen LogP contribution in [0.2, 0.25) is 0 Å². The number of esters is 1. The molecule has 0 radical (unpaired) electrons. The van der Waals surface area contributed by atoms with Crippen LogP contribution < -0.4 is 4.90 Å². The summed E-state index contributed by atoms with van der Waals surface area (Å²) in [5.74, 6) is -1.12. The monoisotopic (exact) mass is 593 g/mol. The molecule has 2 heterocycles. The van der Waals surface area contributed by atoms with Crippen LogP contribution in [0.25, 0.3) is 10.8 Å². The van der Waals surface area contributed by atoms with E-state index in [1.54, 1.807) is 29.4 Å². The maximum Gasteiger partial charge on any atom is 0.338 e. The highest BCUT2D eigenvalue weighted by molar-refractivity contribution is 9.10. The smallest absolute Gasteiger partial charge is 0.338 e. The predicted octanol–water partition coefficient (Wildman–Crippen LogP) is 4.58. The average Bonchev–Trinajstić information content (AvgIpc) is 2.96. The summed E-state index contributed by atoms with van der Waals surface area (Å²) in [4.78, 5) is 33.9. The van der Waals surface area contributed by atoms with E-state index in [-0.39, 0.29) is 20.9 Å². The first-order chi connectivity index (χ1) is 18.3. The zero-order valence-corrected chi connectivity index (χ0v) is 22.9. The van der Waals surface area contributed by atoms with Crippen LogP contribution in [0.3, 0.4) is 0 Å². The van der Waals surface area contributed by atoms with Gasteiger partial charge in [-0.25, -0.2) is 13.2 Å². The molecule has 1 saturated heterocycles. The normalized spacial score (nSPS) is 13.9. The molecule has 5 rings (SSSR count). The second kappa shape index (κ2) is 10.5. The minimum Gasteiger partial charge on any atom is -0.465 e. The maximum atomic E-state index is 13.6. The molecular formula is C28H24BrN3O5S. The number of carbonyl (C=O) groups is 2. The Bertz CT molecular complexity index is 1640. The van der Waals surface area contributed by atoms with Crippen molar-refractivity contribution in [2.45, 2.75) is 9.79 Å². The number of hydrogen-bond donors (Lipinski definition) is 0. The third-order valence-corrected chi connectivity index (χ3v) is 8.86. The van der Waals surface area contributed by atoms with Gasteiger partial charge >= 0.3 is 5.97 Å². The number of piperazine rings is 1. The van der Waals surface area contributed by atoms with E-state index in [1.807, 2.05) is 30.3 Å². The number of nitrogens with zero attached hydrogens (tertiary/aromatic N) is 3. The van der Waals surface area contributed by atoms with Crippen molar-refractivity contribution in [3.05, 3.63) is 94.7 Å². The van der Waals surface area contributed by atoms with Crippen LogP contribution in [-0.4, -0.2) is 63.5 Å². The first kappa shape index (κ1) is 25.9. The minimum absolute atomic E-state index is 0.00000543. The summed E-state index contributed by atoms with van der Waals surface area (Å²) >= 11 is 3.42. The highest BCUT2D eigenvalue weighted by atomic mass is 79.9. The standard InChI is InChI=1S/C28H24BrN3O5S/c1-37-28(34)25-7-6-24(38(35,36)23-5-3-19-16-21(29)4-2-20(19)17-23)18-26(25)27(33)32-14-12-31(13-15-32)22-8-10-30-11-9-22/h2-11,16-18H,12-15H2,1H3.